The molecule has 0 bridgehead atoms. The lowest BCUT2D eigenvalue weighted by Crippen LogP contribution is -2.48. The lowest BCUT2D eigenvalue weighted by molar-refractivity contribution is 0.0709. The number of rotatable bonds is 5. The van der Waals surface area contributed by atoms with Gasteiger partial charge < -0.3 is 19.1 Å². The summed E-state index contributed by atoms with van der Waals surface area (Å²) >= 11 is 0. The first-order valence-corrected chi connectivity index (χ1v) is 9.45. The highest BCUT2D eigenvalue weighted by Gasteiger charge is 2.37. The zero-order valence-corrected chi connectivity index (χ0v) is 16.0. The second-order valence-electron chi connectivity index (χ2n) is 7.28. The maximum Gasteiger partial charge on any atom is 0.259 e. The topological polar surface area (TPSA) is 84.6 Å². The normalized spacial score (nSPS) is 17.8. The number of amides is 1. The van der Waals surface area contributed by atoms with Gasteiger partial charge >= 0.3 is 0 Å². The molecule has 1 saturated carbocycles. The number of nitrogens with zero attached hydrogens (tertiary/aromatic N) is 5. The van der Waals surface area contributed by atoms with E-state index in [2.05, 4.69) is 20.0 Å². The van der Waals surface area contributed by atoms with Gasteiger partial charge in [-0.25, -0.2) is 9.97 Å². The van der Waals surface area contributed by atoms with E-state index in [4.69, 9.17) is 9.26 Å². The van der Waals surface area contributed by atoms with Gasteiger partial charge in [0.15, 0.2) is 0 Å². The average Bonchev–Trinajstić information content (AvgIpc) is 3.46. The van der Waals surface area contributed by atoms with Crippen LogP contribution in [0.4, 0.5) is 5.82 Å². The van der Waals surface area contributed by atoms with Crippen molar-refractivity contribution in [2.24, 2.45) is 0 Å². The molecule has 27 heavy (non-hydrogen) atoms. The Morgan fingerprint density at radius 3 is 2.48 bits per heavy atom. The highest BCUT2D eigenvalue weighted by molar-refractivity contribution is 5.96. The van der Waals surface area contributed by atoms with E-state index in [1.165, 1.54) is 12.8 Å². The van der Waals surface area contributed by atoms with Crippen LogP contribution in [0.5, 0.6) is 5.88 Å². The van der Waals surface area contributed by atoms with Crippen molar-refractivity contribution in [2.45, 2.75) is 51.6 Å². The molecule has 1 aliphatic heterocycles. The monoisotopic (exact) mass is 371 g/mol. The molecule has 3 heterocycles. The molecule has 8 heteroatoms. The molecule has 2 aliphatic rings. The molecule has 1 saturated heterocycles. The van der Waals surface area contributed by atoms with Crippen molar-refractivity contribution in [1.82, 2.24) is 20.0 Å². The van der Waals surface area contributed by atoms with Gasteiger partial charge in [-0.2, -0.15) is 0 Å². The third kappa shape index (κ3) is 3.48. The van der Waals surface area contributed by atoms with Crippen molar-refractivity contribution in [3.8, 4) is 5.88 Å². The number of piperidine rings is 1. The van der Waals surface area contributed by atoms with Gasteiger partial charge in [-0.3, -0.25) is 4.79 Å². The second kappa shape index (κ2) is 7.17. The number of ether oxygens (including phenoxy) is 1. The highest BCUT2D eigenvalue weighted by atomic mass is 16.5. The van der Waals surface area contributed by atoms with E-state index in [1.54, 1.807) is 20.4 Å². The zero-order valence-electron chi connectivity index (χ0n) is 16.0. The van der Waals surface area contributed by atoms with E-state index in [9.17, 15) is 4.79 Å². The number of likely N-dealkylation sites (tertiary alicyclic amines) is 1. The summed E-state index contributed by atoms with van der Waals surface area (Å²) in [5.74, 6) is 2.11. The summed E-state index contributed by atoms with van der Waals surface area (Å²) in [6.07, 6.45) is 5.75. The van der Waals surface area contributed by atoms with Crippen LogP contribution in [0, 0.1) is 13.8 Å². The molecule has 0 radical (unpaired) electrons. The summed E-state index contributed by atoms with van der Waals surface area (Å²) < 4.78 is 10.4. The summed E-state index contributed by atoms with van der Waals surface area (Å²) in [6, 6.07) is 2.80. The van der Waals surface area contributed by atoms with Crippen LogP contribution in [0.3, 0.4) is 0 Å². The molecule has 0 N–H and O–H groups in total. The van der Waals surface area contributed by atoms with Crippen molar-refractivity contribution in [2.75, 3.05) is 25.1 Å². The van der Waals surface area contributed by atoms with Crippen LogP contribution in [0.1, 0.15) is 47.5 Å². The van der Waals surface area contributed by atoms with Gasteiger partial charge in [0.2, 0.25) is 5.88 Å². The minimum absolute atomic E-state index is 0.0198. The largest absolute Gasteiger partial charge is 0.481 e. The van der Waals surface area contributed by atoms with E-state index in [0.717, 1.165) is 31.7 Å². The Bertz CT molecular complexity index is 805. The molecule has 2 aromatic heterocycles. The molecule has 2 fully saturated rings. The summed E-state index contributed by atoms with van der Waals surface area (Å²) in [6.45, 7) is 5.04. The number of anilines is 1. The quantitative estimate of drug-likeness (QED) is 0.797. The highest BCUT2D eigenvalue weighted by Crippen LogP contribution is 2.36. The van der Waals surface area contributed by atoms with E-state index in [0.29, 0.717) is 35.0 Å². The molecule has 4 rings (SSSR count). The lowest BCUT2D eigenvalue weighted by atomic mass is 10.0. The molecule has 1 aliphatic carbocycles. The standard InChI is InChI=1S/C19H25N5O3/c1-12-18(13(2)27-22-12)19(25)23-8-6-15(7-9-23)24(14-4-5-14)16-10-17(26-3)21-11-20-16/h10-11,14-15H,4-9H2,1-3H3. The van der Waals surface area contributed by atoms with Crippen LogP contribution in [-0.2, 0) is 0 Å². The van der Waals surface area contributed by atoms with Gasteiger partial charge in [-0.15, -0.1) is 0 Å². The second-order valence-corrected chi connectivity index (χ2v) is 7.28. The van der Waals surface area contributed by atoms with Crippen LogP contribution in [0.2, 0.25) is 0 Å². The van der Waals surface area contributed by atoms with Gasteiger partial charge in [0.05, 0.1) is 12.8 Å². The van der Waals surface area contributed by atoms with E-state index < -0.39 is 0 Å². The number of aryl methyl sites for hydroxylation is 2. The molecule has 144 valence electrons. The third-order valence-electron chi connectivity index (χ3n) is 5.43. The van der Waals surface area contributed by atoms with Crippen LogP contribution < -0.4 is 9.64 Å². The first-order chi connectivity index (χ1) is 13.1. The lowest BCUT2D eigenvalue weighted by Gasteiger charge is -2.39. The Morgan fingerprint density at radius 2 is 1.89 bits per heavy atom. The van der Waals surface area contributed by atoms with Crippen molar-refractivity contribution < 1.29 is 14.1 Å². The van der Waals surface area contributed by atoms with Gasteiger partial charge in [0.1, 0.15) is 23.5 Å². The van der Waals surface area contributed by atoms with Crippen molar-refractivity contribution in [1.29, 1.82) is 0 Å². The number of methoxy groups -OCH3 is 1. The fourth-order valence-corrected chi connectivity index (χ4v) is 3.90. The number of carbonyl (C=O) groups excluding carboxylic acids is 1. The van der Waals surface area contributed by atoms with Gasteiger partial charge in [-0.1, -0.05) is 5.16 Å². The average molecular weight is 371 g/mol. The maximum atomic E-state index is 12.9. The van der Waals surface area contributed by atoms with Crippen molar-refractivity contribution >= 4 is 11.7 Å². The summed E-state index contributed by atoms with van der Waals surface area (Å²) in [5.41, 5.74) is 1.26. The van der Waals surface area contributed by atoms with Crippen LogP contribution in [0.15, 0.2) is 16.9 Å². The predicted molar refractivity (Wildman–Crippen MR) is 99.0 cm³/mol. The summed E-state index contributed by atoms with van der Waals surface area (Å²) in [5, 5.41) is 3.91. The van der Waals surface area contributed by atoms with Crippen molar-refractivity contribution in [3.05, 3.63) is 29.4 Å². The van der Waals surface area contributed by atoms with E-state index in [-0.39, 0.29) is 5.91 Å². The Balaban J connectivity index is 1.46. The third-order valence-corrected chi connectivity index (χ3v) is 5.43. The van der Waals surface area contributed by atoms with Gasteiger partial charge in [0.25, 0.3) is 5.91 Å². The van der Waals surface area contributed by atoms with Crippen LogP contribution >= 0.6 is 0 Å². The number of aromatic nitrogens is 3. The minimum Gasteiger partial charge on any atom is -0.481 e. The van der Waals surface area contributed by atoms with Crippen LogP contribution in [0.25, 0.3) is 0 Å². The number of hydrogen-bond donors (Lipinski definition) is 0. The molecule has 0 atom stereocenters. The Kier molecular flexibility index (Phi) is 4.72. The fraction of sp³-hybridized carbons (Fsp3) is 0.579. The zero-order chi connectivity index (χ0) is 19.0. The molecule has 8 nitrogen and oxygen atoms in total. The fourth-order valence-electron chi connectivity index (χ4n) is 3.90. The maximum absolute atomic E-state index is 12.9. The first-order valence-electron chi connectivity index (χ1n) is 9.45. The van der Waals surface area contributed by atoms with Crippen LogP contribution in [-0.4, -0.2) is 58.2 Å². The number of carbonyl (C=O) groups is 1. The Labute approximate surface area is 158 Å². The van der Waals surface area contributed by atoms with Crippen molar-refractivity contribution in [3.63, 3.8) is 0 Å². The SMILES string of the molecule is COc1cc(N(C2CC2)C2CCN(C(=O)c3c(C)noc3C)CC2)ncn1. The van der Waals surface area contributed by atoms with E-state index >= 15 is 0 Å². The molecule has 1 amide bonds. The Hall–Kier alpha value is -2.64. The minimum atomic E-state index is 0.0198. The Morgan fingerprint density at radius 1 is 1.19 bits per heavy atom. The smallest absolute Gasteiger partial charge is 0.259 e. The van der Waals surface area contributed by atoms with E-state index in [1.807, 2.05) is 17.9 Å². The first kappa shape index (κ1) is 17.8. The molecule has 0 spiro atoms. The number of hydrogen-bond acceptors (Lipinski definition) is 7. The summed E-state index contributed by atoms with van der Waals surface area (Å²) in [4.78, 5) is 25.8. The molecule has 0 aromatic carbocycles. The van der Waals surface area contributed by atoms with Gasteiger partial charge in [-0.05, 0) is 39.5 Å². The molecular weight excluding hydrogens is 346 g/mol. The molecule has 2 aromatic rings. The predicted octanol–water partition coefficient (Wildman–Crippen LogP) is 2.36. The molecule has 0 unspecified atom stereocenters. The molecular formula is C19H25N5O3. The van der Waals surface area contributed by atoms with Gasteiger partial charge in [0, 0.05) is 31.2 Å². The summed E-state index contributed by atoms with van der Waals surface area (Å²) in [7, 11) is 1.62.